The zero-order valence-corrected chi connectivity index (χ0v) is 19.6. The number of aromatic nitrogens is 3. The summed E-state index contributed by atoms with van der Waals surface area (Å²) in [5.41, 5.74) is 4.43. The Bertz CT molecular complexity index is 1320. The number of fused-ring (bicyclic) bond motifs is 8. The number of hydrogen-bond acceptors (Lipinski definition) is 6. The Kier molecular flexibility index (Phi) is 6.23. The van der Waals surface area contributed by atoms with E-state index in [2.05, 4.69) is 26.2 Å². The molecule has 2 aliphatic rings. The lowest BCUT2D eigenvalue weighted by Gasteiger charge is -2.17. The minimum Gasteiger partial charge on any atom is -0.478 e. The molecule has 0 radical (unpaired) electrons. The molecule has 34 heavy (non-hydrogen) atoms. The Labute approximate surface area is 198 Å². The second kappa shape index (κ2) is 9.46. The van der Waals surface area contributed by atoms with Crippen LogP contribution in [0.3, 0.4) is 0 Å². The Hall–Kier alpha value is -3.40. The van der Waals surface area contributed by atoms with Crippen molar-refractivity contribution in [3.63, 3.8) is 0 Å². The zero-order chi connectivity index (χ0) is 23.5. The summed E-state index contributed by atoms with van der Waals surface area (Å²) in [4.78, 5) is 17.2. The van der Waals surface area contributed by atoms with Crippen LogP contribution < -0.4 is 14.8 Å². The standard InChI is InChI=1S/C24H27N5O4S/c30-24-26-23-19-7-5-6-17(19)8-9-20(23)18-10-12-25-21(16-18)33-15-4-2-1-3-13-29-14-11-22(27-29)34(31,32)28-24/h8-12,14,16H,1-7,13,15H2,(H2,26,28,30). The molecule has 0 atom stereocenters. The average molecular weight is 482 g/mol. The van der Waals surface area contributed by atoms with Crippen molar-refractivity contribution in [2.24, 2.45) is 0 Å². The molecule has 9 nitrogen and oxygen atoms in total. The molecule has 1 aliphatic carbocycles. The van der Waals surface area contributed by atoms with E-state index in [0.29, 0.717) is 24.7 Å². The molecule has 5 rings (SSSR count). The van der Waals surface area contributed by atoms with Gasteiger partial charge in [0.15, 0.2) is 5.03 Å². The van der Waals surface area contributed by atoms with E-state index >= 15 is 0 Å². The van der Waals surface area contributed by atoms with E-state index in [-0.39, 0.29) is 5.03 Å². The fourth-order valence-corrected chi connectivity index (χ4v) is 5.39. The number of aryl methyl sites for hydroxylation is 2. The van der Waals surface area contributed by atoms with Gasteiger partial charge in [-0.05, 0) is 67.3 Å². The summed E-state index contributed by atoms with van der Waals surface area (Å²) in [6.45, 7) is 1.17. The number of benzene rings is 1. The maximum Gasteiger partial charge on any atom is 0.333 e. The van der Waals surface area contributed by atoms with Gasteiger partial charge in [0.05, 0.1) is 12.3 Å². The predicted molar refractivity (Wildman–Crippen MR) is 127 cm³/mol. The number of hydrogen-bond donors (Lipinski definition) is 2. The van der Waals surface area contributed by atoms with E-state index in [0.717, 1.165) is 67.2 Å². The summed E-state index contributed by atoms with van der Waals surface area (Å²) >= 11 is 0. The zero-order valence-electron chi connectivity index (χ0n) is 18.8. The average Bonchev–Trinajstić information content (AvgIpc) is 3.48. The van der Waals surface area contributed by atoms with Crippen molar-refractivity contribution in [2.75, 3.05) is 11.9 Å². The molecule has 2 N–H and O–H groups in total. The third kappa shape index (κ3) is 4.77. The number of amides is 2. The van der Waals surface area contributed by atoms with Crippen LogP contribution in [0.1, 0.15) is 43.2 Å². The van der Waals surface area contributed by atoms with Crippen molar-refractivity contribution in [1.29, 1.82) is 0 Å². The van der Waals surface area contributed by atoms with Crippen molar-refractivity contribution in [1.82, 2.24) is 19.5 Å². The molecule has 0 fully saturated rings. The molecular weight excluding hydrogens is 454 g/mol. The molecule has 1 aliphatic heterocycles. The number of ether oxygens (including phenoxy) is 1. The van der Waals surface area contributed by atoms with Gasteiger partial charge in [0, 0.05) is 30.6 Å². The molecule has 3 heterocycles. The Morgan fingerprint density at radius 3 is 2.79 bits per heavy atom. The molecule has 3 aromatic rings. The maximum atomic E-state index is 12.9. The highest BCUT2D eigenvalue weighted by atomic mass is 32.2. The van der Waals surface area contributed by atoms with E-state index in [9.17, 15) is 13.2 Å². The van der Waals surface area contributed by atoms with Gasteiger partial charge in [0.25, 0.3) is 10.0 Å². The number of sulfonamides is 1. The molecule has 0 unspecified atom stereocenters. The number of rotatable bonds is 0. The second-order valence-corrected chi connectivity index (χ2v) is 10.2. The summed E-state index contributed by atoms with van der Waals surface area (Å²) in [5.74, 6) is 0.526. The van der Waals surface area contributed by atoms with Gasteiger partial charge in [-0.3, -0.25) is 4.68 Å². The van der Waals surface area contributed by atoms with Gasteiger partial charge in [-0.1, -0.05) is 18.6 Å². The highest BCUT2D eigenvalue weighted by molar-refractivity contribution is 7.90. The lowest BCUT2D eigenvalue weighted by atomic mass is 9.98. The van der Waals surface area contributed by atoms with Crippen LogP contribution in [0.25, 0.3) is 11.1 Å². The number of anilines is 1. The largest absolute Gasteiger partial charge is 0.478 e. The van der Waals surface area contributed by atoms with Crippen LogP contribution in [0.2, 0.25) is 0 Å². The van der Waals surface area contributed by atoms with E-state index in [4.69, 9.17) is 4.74 Å². The SMILES string of the molecule is O=C1Nc2c(ccc3c2CCC3)-c2ccnc(c2)OCCCCCCn2ccc(n2)S(=O)(=O)N1. The molecule has 0 saturated heterocycles. The molecule has 0 spiro atoms. The number of nitrogens with one attached hydrogen (secondary N) is 2. The Morgan fingerprint density at radius 2 is 1.88 bits per heavy atom. The summed E-state index contributed by atoms with van der Waals surface area (Å²) in [7, 11) is -4.11. The molecule has 4 bridgehead atoms. The van der Waals surface area contributed by atoms with Gasteiger partial charge in [-0.25, -0.2) is 14.5 Å². The van der Waals surface area contributed by atoms with Crippen LogP contribution in [0.4, 0.5) is 10.5 Å². The van der Waals surface area contributed by atoms with Gasteiger partial charge in [0.2, 0.25) is 5.88 Å². The minimum absolute atomic E-state index is 0.175. The first kappa shape index (κ1) is 22.4. The quantitative estimate of drug-likeness (QED) is 0.503. The molecule has 1 aromatic carbocycles. The second-order valence-electron chi connectivity index (χ2n) is 8.60. The maximum absolute atomic E-state index is 12.9. The van der Waals surface area contributed by atoms with Crippen LogP contribution in [0, 0.1) is 0 Å². The summed E-state index contributed by atoms with van der Waals surface area (Å²) in [6, 6.07) is 8.33. The van der Waals surface area contributed by atoms with Crippen molar-refractivity contribution < 1.29 is 17.9 Å². The molecule has 178 valence electrons. The van der Waals surface area contributed by atoms with Gasteiger partial charge in [0.1, 0.15) is 0 Å². The van der Waals surface area contributed by atoms with Crippen LogP contribution in [0.5, 0.6) is 5.88 Å². The minimum atomic E-state index is -4.11. The normalized spacial score (nSPS) is 18.2. The van der Waals surface area contributed by atoms with Crippen molar-refractivity contribution in [3.8, 4) is 17.0 Å². The Balaban J connectivity index is 1.52. The first-order valence-electron chi connectivity index (χ1n) is 11.6. The van der Waals surface area contributed by atoms with Crippen LogP contribution in [-0.2, 0) is 29.4 Å². The topological polar surface area (TPSA) is 115 Å². The van der Waals surface area contributed by atoms with Crippen LogP contribution in [0.15, 0.2) is 47.8 Å². The Morgan fingerprint density at radius 1 is 1.00 bits per heavy atom. The number of carbonyl (C=O) groups excluding carboxylic acids is 1. The van der Waals surface area contributed by atoms with Gasteiger partial charge in [-0.15, -0.1) is 0 Å². The van der Waals surface area contributed by atoms with Crippen molar-refractivity contribution in [3.05, 3.63) is 53.9 Å². The smallest absolute Gasteiger partial charge is 0.333 e. The molecule has 10 heteroatoms. The van der Waals surface area contributed by atoms with Crippen LogP contribution >= 0.6 is 0 Å². The monoisotopic (exact) mass is 481 g/mol. The molecule has 2 amide bonds. The number of carbonyl (C=O) groups is 1. The third-order valence-corrected chi connectivity index (χ3v) is 7.44. The summed E-state index contributed by atoms with van der Waals surface area (Å²) < 4.78 is 35.2. The third-order valence-electron chi connectivity index (χ3n) is 6.22. The fraction of sp³-hybridized carbons (Fsp3) is 0.375. The summed E-state index contributed by atoms with van der Waals surface area (Å²) in [5, 5.41) is 6.79. The van der Waals surface area contributed by atoms with Crippen LogP contribution in [-0.4, -0.2) is 35.8 Å². The summed E-state index contributed by atoms with van der Waals surface area (Å²) in [6.07, 6.45) is 9.74. The van der Waals surface area contributed by atoms with E-state index < -0.39 is 16.1 Å². The van der Waals surface area contributed by atoms with Crippen molar-refractivity contribution in [2.45, 2.75) is 56.5 Å². The van der Waals surface area contributed by atoms with E-state index in [1.807, 2.05) is 18.2 Å². The first-order valence-corrected chi connectivity index (χ1v) is 13.1. The van der Waals surface area contributed by atoms with E-state index in [1.54, 1.807) is 17.1 Å². The predicted octanol–water partition coefficient (Wildman–Crippen LogP) is 3.90. The van der Waals surface area contributed by atoms with Gasteiger partial charge < -0.3 is 10.1 Å². The fourth-order valence-electron chi connectivity index (χ4n) is 4.54. The number of nitrogens with zero attached hydrogens (tertiary/aromatic N) is 3. The lowest BCUT2D eigenvalue weighted by molar-refractivity contribution is 0.256. The first-order chi connectivity index (χ1) is 16.5. The van der Waals surface area contributed by atoms with Gasteiger partial charge >= 0.3 is 6.03 Å². The molecule has 0 saturated carbocycles. The molecule has 2 aromatic heterocycles. The number of urea groups is 1. The molecular formula is C24H27N5O4S. The lowest BCUT2D eigenvalue weighted by Crippen LogP contribution is -2.35. The highest BCUT2D eigenvalue weighted by Crippen LogP contribution is 2.38. The van der Waals surface area contributed by atoms with E-state index in [1.165, 1.54) is 6.07 Å². The number of pyridine rings is 1. The van der Waals surface area contributed by atoms with Gasteiger partial charge in [-0.2, -0.15) is 13.5 Å². The highest BCUT2D eigenvalue weighted by Gasteiger charge is 2.24. The van der Waals surface area contributed by atoms with Crippen molar-refractivity contribution >= 4 is 21.7 Å².